The summed E-state index contributed by atoms with van der Waals surface area (Å²) in [6, 6.07) is 6.25. The lowest BCUT2D eigenvalue weighted by Crippen LogP contribution is -2.25. The molecule has 1 atom stereocenters. The highest BCUT2D eigenvalue weighted by atomic mass is 15.2. The molecule has 2 heterocycles. The lowest BCUT2D eigenvalue weighted by atomic mass is 10.0. The first kappa shape index (κ1) is 12.2. The number of rotatable bonds is 3. The molecule has 1 N–H and O–H groups in total. The smallest absolute Gasteiger partial charge is 0.130 e. The Morgan fingerprint density at radius 2 is 2.24 bits per heavy atom. The van der Waals surface area contributed by atoms with Crippen molar-refractivity contribution >= 4 is 11.6 Å². The van der Waals surface area contributed by atoms with Crippen LogP contribution in [0.25, 0.3) is 0 Å². The molecule has 1 aromatic rings. The van der Waals surface area contributed by atoms with Gasteiger partial charge < -0.3 is 10.2 Å². The Morgan fingerprint density at radius 3 is 3.06 bits per heavy atom. The molecule has 94 valence electrons. The molecule has 1 aromatic heterocycles. The molecule has 1 fully saturated rings. The second kappa shape index (κ2) is 5.89. The molecule has 0 bridgehead atoms. The van der Waals surface area contributed by atoms with Crippen molar-refractivity contribution < 1.29 is 0 Å². The average Bonchev–Trinajstić information content (AvgIpc) is 2.55. The second-order valence-electron chi connectivity index (χ2n) is 4.93. The fourth-order valence-electron chi connectivity index (χ4n) is 2.37. The van der Waals surface area contributed by atoms with E-state index in [-0.39, 0.29) is 0 Å². The summed E-state index contributed by atoms with van der Waals surface area (Å²) in [4.78, 5) is 7.09. The fourth-order valence-corrected chi connectivity index (χ4v) is 2.37. The Morgan fingerprint density at radius 1 is 1.35 bits per heavy atom. The monoisotopic (exact) mass is 233 g/mol. The zero-order valence-corrected chi connectivity index (χ0v) is 10.9. The van der Waals surface area contributed by atoms with Gasteiger partial charge in [-0.25, -0.2) is 4.98 Å². The minimum atomic E-state index is 0.858. The van der Waals surface area contributed by atoms with Crippen LogP contribution in [-0.2, 0) is 0 Å². The quantitative estimate of drug-likeness (QED) is 0.869. The van der Waals surface area contributed by atoms with Crippen molar-refractivity contribution in [3.05, 3.63) is 18.2 Å². The molecule has 1 aliphatic heterocycles. The van der Waals surface area contributed by atoms with E-state index in [4.69, 9.17) is 0 Å². The van der Waals surface area contributed by atoms with Gasteiger partial charge in [0.1, 0.15) is 11.6 Å². The minimum absolute atomic E-state index is 0.858. The van der Waals surface area contributed by atoms with Crippen LogP contribution in [0.4, 0.5) is 11.6 Å². The van der Waals surface area contributed by atoms with E-state index < -0.39 is 0 Å². The van der Waals surface area contributed by atoms with Gasteiger partial charge in [0.2, 0.25) is 0 Å². The van der Waals surface area contributed by atoms with Gasteiger partial charge in [-0.15, -0.1) is 0 Å². The summed E-state index contributed by atoms with van der Waals surface area (Å²) < 4.78 is 0. The molecular weight excluding hydrogens is 210 g/mol. The van der Waals surface area contributed by atoms with Crippen LogP contribution in [0.15, 0.2) is 18.2 Å². The lowest BCUT2D eigenvalue weighted by Gasteiger charge is -2.22. The van der Waals surface area contributed by atoms with E-state index in [1.165, 1.54) is 19.3 Å². The Labute approximate surface area is 104 Å². The molecule has 0 spiro atoms. The molecule has 1 aliphatic rings. The highest BCUT2D eigenvalue weighted by molar-refractivity contribution is 5.47. The van der Waals surface area contributed by atoms with Gasteiger partial charge in [0.05, 0.1) is 0 Å². The van der Waals surface area contributed by atoms with Crippen molar-refractivity contribution in [1.29, 1.82) is 0 Å². The zero-order valence-electron chi connectivity index (χ0n) is 10.9. The molecule has 1 saturated heterocycles. The van der Waals surface area contributed by atoms with Crippen LogP contribution in [0.5, 0.6) is 0 Å². The fraction of sp³-hybridized carbons (Fsp3) is 0.643. The lowest BCUT2D eigenvalue weighted by molar-refractivity contribution is 0.521. The van der Waals surface area contributed by atoms with Crippen LogP contribution in [0, 0.1) is 5.92 Å². The van der Waals surface area contributed by atoms with Crippen molar-refractivity contribution in [2.24, 2.45) is 5.92 Å². The molecule has 1 unspecified atom stereocenters. The zero-order chi connectivity index (χ0) is 12.1. The number of nitrogens with zero attached hydrogens (tertiary/aromatic N) is 2. The molecule has 0 aromatic carbocycles. The first-order valence-corrected chi connectivity index (χ1v) is 6.75. The van der Waals surface area contributed by atoms with Gasteiger partial charge in [-0.3, -0.25) is 0 Å². The van der Waals surface area contributed by atoms with Crippen molar-refractivity contribution in [3.63, 3.8) is 0 Å². The second-order valence-corrected chi connectivity index (χ2v) is 4.93. The van der Waals surface area contributed by atoms with Gasteiger partial charge in [-0.1, -0.05) is 13.0 Å². The number of aromatic nitrogens is 1. The SMILES string of the molecule is CCNc1cccc(N2CCCC(C)CC2)n1. The van der Waals surface area contributed by atoms with Crippen LogP contribution < -0.4 is 10.2 Å². The molecule has 0 aliphatic carbocycles. The molecular formula is C14H23N3. The summed E-state index contributed by atoms with van der Waals surface area (Å²) >= 11 is 0. The molecule has 0 radical (unpaired) electrons. The first-order chi connectivity index (χ1) is 8.29. The van der Waals surface area contributed by atoms with E-state index in [0.29, 0.717) is 0 Å². The van der Waals surface area contributed by atoms with Gasteiger partial charge in [-0.2, -0.15) is 0 Å². The molecule has 0 saturated carbocycles. The number of nitrogens with one attached hydrogen (secondary N) is 1. The summed E-state index contributed by atoms with van der Waals surface area (Å²) in [5.74, 6) is 2.97. The number of hydrogen-bond donors (Lipinski definition) is 1. The highest BCUT2D eigenvalue weighted by Crippen LogP contribution is 2.21. The van der Waals surface area contributed by atoms with E-state index in [9.17, 15) is 0 Å². The summed E-state index contributed by atoms with van der Waals surface area (Å²) in [5, 5.41) is 3.27. The summed E-state index contributed by atoms with van der Waals surface area (Å²) in [5.41, 5.74) is 0. The van der Waals surface area contributed by atoms with E-state index in [0.717, 1.165) is 37.2 Å². The van der Waals surface area contributed by atoms with Crippen LogP contribution in [0.3, 0.4) is 0 Å². The predicted octanol–water partition coefficient (Wildman–Crippen LogP) is 3.14. The third-order valence-corrected chi connectivity index (χ3v) is 3.43. The molecule has 3 heteroatoms. The summed E-state index contributed by atoms with van der Waals surface area (Å²) in [6.07, 6.45) is 3.92. The van der Waals surface area contributed by atoms with Gasteiger partial charge in [0, 0.05) is 19.6 Å². The van der Waals surface area contributed by atoms with Crippen molar-refractivity contribution in [2.75, 3.05) is 29.9 Å². The largest absolute Gasteiger partial charge is 0.370 e. The Bertz CT molecular complexity index is 351. The van der Waals surface area contributed by atoms with Gasteiger partial charge in [-0.05, 0) is 44.2 Å². The number of anilines is 2. The minimum Gasteiger partial charge on any atom is -0.370 e. The van der Waals surface area contributed by atoms with Crippen molar-refractivity contribution in [3.8, 4) is 0 Å². The van der Waals surface area contributed by atoms with Gasteiger partial charge in [0.25, 0.3) is 0 Å². The van der Waals surface area contributed by atoms with Crippen molar-refractivity contribution in [1.82, 2.24) is 4.98 Å². The summed E-state index contributed by atoms with van der Waals surface area (Å²) in [6.45, 7) is 7.66. The van der Waals surface area contributed by atoms with E-state index >= 15 is 0 Å². The van der Waals surface area contributed by atoms with Gasteiger partial charge >= 0.3 is 0 Å². The molecule has 3 nitrogen and oxygen atoms in total. The number of hydrogen-bond acceptors (Lipinski definition) is 3. The first-order valence-electron chi connectivity index (χ1n) is 6.75. The maximum Gasteiger partial charge on any atom is 0.130 e. The summed E-state index contributed by atoms with van der Waals surface area (Å²) in [7, 11) is 0. The Balaban J connectivity index is 2.07. The Hall–Kier alpha value is -1.25. The molecule has 2 rings (SSSR count). The Kier molecular flexibility index (Phi) is 4.24. The van der Waals surface area contributed by atoms with E-state index in [1.807, 2.05) is 6.07 Å². The normalized spacial score (nSPS) is 21.1. The van der Waals surface area contributed by atoms with Crippen LogP contribution >= 0.6 is 0 Å². The highest BCUT2D eigenvalue weighted by Gasteiger charge is 2.14. The van der Waals surface area contributed by atoms with Crippen LogP contribution in [-0.4, -0.2) is 24.6 Å². The van der Waals surface area contributed by atoms with Gasteiger partial charge in [0.15, 0.2) is 0 Å². The average molecular weight is 233 g/mol. The predicted molar refractivity (Wildman–Crippen MR) is 73.6 cm³/mol. The third-order valence-electron chi connectivity index (χ3n) is 3.43. The number of pyridine rings is 1. The standard InChI is InChI=1S/C14H23N3/c1-3-15-13-7-4-8-14(16-13)17-10-5-6-12(2)9-11-17/h4,7-8,12H,3,5-6,9-11H2,1-2H3,(H,15,16). The van der Waals surface area contributed by atoms with E-state index in [2.05, 4.69) is 41.2 Å². The maximum absolute atomic E-state index is 4.67. The van der Waals surface area contributed by atoms with Crippen LogP contribution in [0.2, 0.25) is 0 Å². The third kappa shape index (κ3) is 3.35. The maximum atomic E-state index is 4.67. The molecule has 17 heavy (non-hydrogen) atoms. The topological polar surface area (TPSA) is 28.2 Å². The van der Waals surface area contributed by atoms with Crippen LogP contribution in [0.1, 0.15) is 33.1 Å². The van der Waals surface area contributed by atoms with Crippen molar-refractivity contribution in [2.45, 2.75) is 33.1 Å². The molecule has 0 amide bonds. The van der Waals surface area contributed by atoms with E-state index in [1.54, 1.807) is 0 Å².